The number of carbonyl (C=O) groups is 1. The number of aryl methyl sites for hydroxylation is 2. The van der Waals surface area contributed by atoms with Crippen LogP contribution in [0.15, 0.2) is 42.5 Å². The van der Waals surface area contributed by atoms with Crippen molar-refractivity contribution >= 4 is 38.9 Å². The first-order valence-corrected chi connectivity index (χ1v) is 11.1. The molecule has 0 saturated carbocycles. The summed E-state index contributed by atoms with van der Waals surface area (Å²) < 4.78 is 25.5. The Morgan fingerprint density at radius 3 is 2.41 bits per heavy atom. The Labute approximate surface area is 166 Å². The number of rotatable bonds is 8. The summed E-state index contributed by atoms with van der Waals surface area (Å²) >= 11 is 6.01. The van der Waals surface area contributed by atoms with Crippen LogP contribution in [-0.4, -0.2) is 27.1 Å². The van der Waals surface area contributed by atoms with Gasteiger partial charge in [-0.15, -0.1) is 0 Å². The van der Waals surface area contributed by atoms with Gasteiger partial charge in [0.25, 0.3) is 0 Å². The molecule has 27 heavy (non-hydrogen) atoms. The van der Waals surface area contributed by atoms with E-state index >= 15 is 0 Å². The van der Waals surface area contributed by atoms with E-state index in [0.29, 0.717) is 16.4 Å². The molecule has 0 atom stereocenters. The van der Waals surface area contributed by atoms with Crippen LogP contribution < -0.4 is 9.62 Å². The predicted molar refractivity (Wildman–Crippen MR) is 112 cm³/mol. The number of benzene rings is 2. The highest BCUT2D eigenvalue weighted by Gasteiger charge is 2.22. The van der Waals surface area contributed by atoms with Gasteiger partial charge in [0.05, 0.1) is 11.9 Å². The molecule has 0 heterocycles. The first-order valence-electron chi connectivity index (χ1n) is 8.83. The average molecular weight is 409 g/mol. The summed E-state index contributed by atoms with van der Waals surface area (Å²) in [5.74, 6) is -0.416. The summed E-state index contributed by atoms with van der Waals surface area (Å²) in [7, 11) is -3.65. The molecule has 2 aromatic carbocycles. The van der Waals surface area contributed by atoms with Crippen LogP contribution in [0.1, 0.15) is 30.9 Å². The smallest absolute Gasteiger partial charge is 0.245 e. The summed E-state index contributed by atoms with van der Waals surface area (Å²) in [6, 6.07) is 12.6. The summed E-state index contributed by atoms with van der Waals surface area (Å²) in [4.78, 5) is 12.4. The van der Waals surface area contributed by atoms with E-state index in [0.717, 1.165) is 35.4 Å². The van der Waals surface area contributed by atoms with Crippen molar-refractivity contribution in [2.24, 2.45) is 0 Å². The monoisotopic (exact) mass is 408 g/mol. The van der Waals surface area contributed by atoms with Gasteiger partial charge in [0.2, 0.25) is 15.9 Å². The molecule has 0 aliphatic carbocycles. The molecule has 0 bridgehead atoms. The van der Waals surface area contributed by atoms with Crippen LogP contribution in [0.4, 0.5) is 11.4 Å². The fourth-order valence-electron chi connectivity index (χ4n) is 2.70. The van der Waals surface area contributed by atoms with Crippen LogP contribution in [0.3, 0.4) is 0 Å². The lowest BCUT2D eigenvalue weighted by molar-refractivity contribution is -0.114. The van der Waals surface area contributed by atoms with Crippen molar-refractivity contribution in [1.82, 2.24) is 0 Å². The van der Waals surface area contributed by atoms with Crippen molar-refractivity contribution in [2.75, 3.05) is 22.4 Å². The normalized spacial score (nSPS) is 11.3. The van der Waals surface area contributed by atoms with E-state index in [2.05, 4.69) is 12.2 Å². The van der Waals surface area contributed by atoms with Gasteiger partial charge in [0.1, 0.15) is 6.54 Å². The lowest BCUT2D eigenvalue weighted by Crippen LogP contribution is -2.37. The third-order valence-electron chi connectivity index (χ3n) is 4.18. The van der Waals surface area contributed by atoms with E-state index in [-0.39, 0.29) is 6.54 Å². The maximum Gasteiger partial charge on any atom is 0.245 e. The Kier molecular flexibility index (Phi) is 7.27. The average Bonchev–Trinajstić information content (AvgIpc) is 2.60. The molecule has 0 aliphatic heterocycles. The predicted octanol–water partition coefficient (Wildman–Crippen LogP) is 4.40. The van der Waals surface area contributed by atoms with Crippen LogP contribution in [0.2, 0.25) is 5.02 Å². The Hall–Kier alpha value is -2.05. The quantitative estimate of drug-likeness (QED) is 0.704. The van der Waals surface area contributed by atoms with Crippen molar-refractivity contribution < 1.29 is 13.2 Å². The number of nitrogens with zero attached hydrogens (tertiary/aromatic N) is 1. The lowest BCUT2D eigenvalue weighted by atomic mass is 10.1. The maximum atomic E-state index is 12.4. The second kappa shape index (κ2) is 9.24. The van der Waals surface area contributed by atoms with Crippen molar-refractivity contribution in [1.29, 1.82) is 0 Å². The number of carbonyl (C=O) groups excluding carboxylic acids is 1. The van der Waals surface area contributed by atoms with Crippen LogP contribution in [0.5, 0.6) is 0 Å². The summed E-state index contributed by atoms with van der Waals surface area (Å²) in [5.41, 5.74) is 2.96. The molecule has 5 nitrogen and oxygen atoms in total. The van der Waals surface area contributed by atoms with Gasteiger partial charge in [-0.3, -0.25) is 9.10 Å². The van der Waals surface area contributed by atoms with Gasteiger partial charge < -0.3 is 5.32 Å². The first-order chi connectivity index (χ1) is 12.7. The van der Waals surface area contributed by atoms with Crippen molar-refractivity contribution in [3.05, 3.63) is 58.6 Å². The molecule has 1 amide bonds. The zero-order valence-corrected chi connectivity index (χ0v) is 17.4. The second-order valence-electron chi connectivity index (χ2n) is 6.55. The molecule has 2 rings (SSSR count). The third kappa shape index (κ3) is 6.26. The van der Waals surface area contributed by atoms with Gasteiger partial charge in [0, 0.05) is 10.7 Å². The molecule has 0 aromatic heterocycles. The molecule has 2 aromatic rings. The van der Waals surface area contributed by atoms with E-state index in [1.54, 1.807) is 25.1 Å². The number of halogens is 1. The van der Waals surface area contributed by atoms with Crippen molar-refractivity contribution in [2.45, 2.75) is 33.1 Å². The van der Waals surface area contributed by atoms with E-state index in [4.69, 9.17) is 11.6 Å². The van der Waals surface area contributed by atoms with Crippen molar-refractivity contribution in [3.63, 3.8) is 0 Å². The highest BCUT2D eigenvalue weighted by atomic mass is 35.5. The van der Waals surface area contributed by atoms with Gasteiger partial charge in [-0.2, -0.15) is 0 Å². The molecular weight excluding hydrogens is 384 g/mol. The van der Waals surface area contributed by atoms with Crippen molar-refractivity contribution in [3.8, 4) is 0 Å². The number of nitrogens with one attached hydrogen (secondary N) is 1. The number of amides is 1. The number of hydrogen-bond acceptors (Lipinski definition) is 3. The van der Waals surface area contributed by atoms with Crippen LogP contribution in [0, 0.1) is 6.92 Å². The van der Waals surface area contributed by atoms with Crippen LogP contribution in [0.25, 0.3) is 0 Å². The molecule has 0 saturated heterocycles. The molecule has 7 heteroatoms. The second-order valence-corrected chi connectivity index (χ2v) is 8.89. The van der Waals surface area contributed by atoms with Crippen LogP contribution in [-0.2, 0) is 21.2 Å². The minimum Gasteiger partial charge on any atom is -0.325 e. The standard InChI is InChI=1S/C20H25ClN2O3S/c1-4-5-6-16-8-11-18(12-9-16)22-20(24)14-23(27(3,25)26)19-13-17(21)10-7-15(19)2/h7-13H,4-6,14H2,1-3H3,(H,22,24). The fraction of sp³-hybridized carbons (Fsp3) is 0.350. The highest BCUT2D eigenvalue weighted by Crippen LogP contribution is 2.26. The number of sulfonamides is 1. The van der Waals surface area contributed by atoms with E-state index in [1.165, 1.54) is 5.56 Å². The lowest BCUT2D eigenvalue weighted by Gasteiger charge is -2.23. The zero-order valence-electron chi connectivity index (χ0n) is 15.8. The SMILES string of the molecule is CCCCc1ccc(NC(=O)CN(c2cc(Cl)ccc2C)S(C)(=O)=O)cc1. The Morgan fingerprint density at radius 1 is 1.15 bits per heavy atom. The molecule has 146 valence electrons. The minimum absolute atomic E-state index is 0.322. The number of anilines is 2. The van der Waals surface area contributed by atoms with Gasteiger partial charge in [-0.1, -0.05) is 43.1 Å². The topological polar surface area (TPSA) is 66.5 Å². The Balaban J connectivity index is 2.14. The molecule has 0 spiro atoms. The molecule has 1 N–H and O–H groups in total. The Morgan fingerprint density at radius 2 is 1.81 bits per heavy atom. The van der Waals surface area contributed by atoms with E-state index in [9.17, 15) is 13.2 Å². The van der Waals surface area contributed by atoms with Gasteiger partial charge in [-0.25, -0.2) is 8.42 Å². The van der Waals surface area contributed by atoms with E-state index in [1.807, 2.05) is 24.3 Å². The first kappa shape index (κ1) is 21.3. The van der Waals surface area contributed by atoms with E-state index < -0.39 is 15.9 Å². The number of hydrogen-bond donors (Lipinski definition) is 1. The molecular formula is C20H25ClN2O3S. The largest absolute Gasteiger partial charge is 0.325 e. The van der Waals surface area contributed by atoms with Gasteiger partial charge >= 0.3 is 0 Å². The minimum atomic E-state index is -3.65. The number of unbranched alkanes of at least 4 members (excludes halogenated alkanes) is 1. The maximum absolute atomic E-state index is 12.4. The highest BCUT2D eigenvalue weighted by molar-refractivity contribution is 7.92. The summed E-state index contributed by atoms with van der Waals surface area (Å²) in [6.45, 7) is 3.60. The fourth-order valence-corrected chi connectivity index (χ4v) is 3.77. The molecule has 0 unspecified atom stereocenters. The molecule has 0 radical (unpaired) electrons. The van der Waals surface area contributed by atoms with Gasteiger partial charge in [-0.05, 0) is 55.2 Å². The Bertz CT molecular complexity index is 896. The molecule has 0 fully saturated rings. The van der Waals surface area contributed by atoms with Gasteiger partial charge in [0.15, 0.2) is 0 Å². The third-order valence-corrected chi connectivity index (χ3v) is 5.55. The zero-order chi connectivity index (χ0) is 20.0. The molecule has 0 aliphatic rings. The van der Waals surface area contributed by atoms with Crippen LogP contribution >= 0.6 is 11.6 Å². The summed E-state index contributed by atoms with van der Waals surface area (Å²) in [5, 5.41) is 3.16. The summed E-state index contributed by atoms with van der Waals surface area (Å²) in [6.07, 6.45) is 4.32.